The van der Waals surface area contributed by atoms with E-state index in [0.29, 0.717) is 24.7 Å². The van der Waals surface area contributed by atoms with Crippen molar-refractivity contribution in [3.8, 4) is 11.4 Å². The number of hydrogen-bond donors (Lipinski definition) is 1. The number of carbonyl (C=O) groups is 1. The molecular weight excluding hydrogens is 238 g/mol. The zero-order valence-electron chi connectivity index (χ0n) is 9.05. The van der Waals surface area contributed by atoms with Crippen LogP contribution in [0.3, 0.4) is 0 Å². The molecule has 5 nitrogen and oxygen atoms in total. The fourth-order valence-electron chi connectivity index (χ4n) is 1.85. The van der Waals surface area contributed by atoms with Crippen LogP contribution in [0, 0.1) is 0 Å². The van der Waals surface area contributed by atoms with Crippen molar-refractivity contribution >= 4 is 17.2 Å². The van der Waals surface area contributed by atoms with Gasteiger partial charge in [0, 0.05) is 23.9 Å². The Balaban J connectivity index is 1.79. The second kappa shape index (κ2) is 4.29. The van der Waals surface area contributed by atoms with E-state index in [1.165, 1.54) is 0 Å². The van der Waals surface area contributed by atoms with Gasteiger partial charge in [0.2, 0.25) is 17.6 Å². The molecule has 3 heterocycles. The standard InChI is InChI=1S/C11H11N3O2S/c15-9-2-1-7(5-12-9)11-13-10(14-16-11)8-3-4-17-6-8/h3-4,6-7H,1-2,5H2,(H,12,15). The topological polar surface area (TPSA) is 68.0 Å². The maximum Gasteiger partial charge on any atom is 0.231 e. The van der Waals surface area contributed by atoms with Crippen molar-refractivity contribution in [2.75, 3.05) is 6.54 Å². The van der Waals surface area contributed by atoms with Crippen LogP contribution in [0.1, 0.15) is 24.7 Å². The summed E-state index contributed by atoms with van der Waals surface area (Å²) >= 11 is 1.60. The molecule has 1 atom stereocenters. The third kappa shape index (κ3) is 2.08. The van der Waals surface area contributed by atoms with Gasteiger partial charge in [-0.1, -0.05) is 5.16 Å². The lowest BCUT2D eigenvalue weighted by molar-refractivity contribution is -0.122. The van der Waals surface area contributed by atoms with Crippen molar-refractivity contribution in [3.63, 3.8) is 0 Å². The molecule has 0 spiro atoms. The maximum atomic E-state index is 11.1. The van der Waals surface area contributed by atoms with E-state index in [2.05, 4.69) is 15.5 Å². The van der Waals surface area contributed by atoms with E-state index in [1.54, 1.807) is 11.3 Å². The van der Waals surface area contributed by atoms with E-state index in [0.717, 1.165) is 12.0 Å². The molecule has 1 aliphatic heterocycles. The lowest BCUT2D eigenvalue weighted by Crippen LogP contribution is -2.33. The summed E-state index contributed by atoms with van der Waals surface area (Å²) in [5.41, 5.74) is 0.977. The zero-order chi connectivity index (χ0) is 11.7. The van der Waals surface area contributed by atoms with Crippen molar-refractivity contribution in [3.05, 3.63) is 22.7 Å². The molecule has 2 aromatic rings. The molecule has 1 amide bonds. The molecule has 17 heavy (non-hydrogen) atoms. The van der Waals surface area contributed by atoms with E-state index in [4.69, 9.17) is 4.52 Å². The minimum atomic E-state index is 0.0961. The number of nitrogens with one attached hydrogen (secondary N) is 1. The summed E-state index contributed by atoms with van der Waals surface area (Å²) in [7, 11) is 0. The minimum absolute atomic E-state index is 0.0961. The molecule has 0 aliphatic carbocycles. The highest BCUT2D eigenvalue weighted by Crippen LogP contribution is 2.25. The minimum Gasteiger partial charge on any atom is -0.355 e. The highest BCUT2D eigenvalue weighted by molar-refractivity contribution is 7.08. The first-order valence-electron chi connectivity index (χ1n) is 5.46. The largest absolute Gasteiger partial charge is 0.355 e. The third-order valence-electron chi connectivity index (χ3n) is 2.84. The number of nitrogens with zero attached hydrogens (tertiary/aromatic N) is 2. The summed E-state index contributed by atoms with van der Waals surface area (Å²) in [6.45, 7) is 0.587. The summed E-state index contributed by atoms with van der Waals surface area (Å²) in [5, 5.41) is 10.7. The molecule has 6 heteroatoms. The molecule has 0 aromatic carbocycles. The third-order valence-corrected chi connectivity index (χ3v) is 3.52. The van der Waals surface area contributed by atoms with E-state index in [1.807, 2.05) is 16.8 Å². The Bertz CT molecular complexity index is 511. The van der Waals surface area contributed by atoms with Gasteiger partial charge in [0.25, 0.3) is 0 Å². The number of rotatable bonds is 2. The number of amides is 1. The van der Waals surface area contributed by atoms with Gasteiger partial charge < -0.3 is 9.84 Å². The summed E-state index contributed by atoms with van der Waals surface area (Å²) in [6.07, 6.45) is 1.30. The predicted octanol–water partition coefficient (Wildman–Crippen LogP) is 1.79. The average Bonchev–Trinajstić information content (AvgIpc) is 3.00. The molecule has 1 unspecified atom stereocenters. The first-order chi connectivity index (χ1) is 8.33. The van der Waals surface area contributed by atoms with Gasteiger partial charge >= 0.3 is 0 Å². The monoisotopic (exact) mass is 249 g/mol. The molecule has 0 saturated carbocycles. The van der Waals surface area contributed by atoms with Gasteiger partial charge in [-0.15, -0.1) is 0 Å². The molecule has 1 aliphatic rings. The first kappa shape index (κ1) is 10.5. The van der Waals surface area contributed by atoms with Gasteiger partial charge in [0.15, 0.2) is 0 Å². The molecule has 0 radical (unpaired) electrons. The lowest BCUT2D eigenvalue weighted by atomic mass is 9.99. The van der Waals surface area contributed by atoms with Crippen LogP contribution in [0.25, 0.3) is 11.4 Å². The molecule has 1 saturated heterocycles. The molecule has 2 aromatic heterocycles. The van der Waals surface area contributed by atoms with E-state index < -0.39 is 0 Å². The van der Waals surface area contributed by atoms with E-state index >= 15 is 0 Å². The summed E-state index contributed by atoms with van der Waals surface area (Å²) in [4.78, 5) is 15.4. The summed E-state index contributed by atoms with van der Waals surface area (Å²) in [6, 6.07) is 1.96. The van der Waals surface area contributed by atoms with Crippen LogP contribution >= 0.6 is 11.3 Å². The maximum absolute atomic E-state index is 11.1. The number of hydrogen-bond acceptors (Lipinski definition) is 5. The Kier molecular flexibility index (Phi) is 2.64. The van der Waals surface area contributed by atoms with Crippen molar-refractivity contribution in [1.29, 1.82) is 0 Å². The van der Waals surface area contributed by atoms with Gasteiger partial charge in [-0.2, -0.15) is 16.3 Å². The Labute approximate surface area is 102 Å². The van der Waals surface area contributed by atoms with Crippen LogP contribution < -0.4 is 5.32 Å². The summed E-state index contributed by atoms with van der Waals surface area (Å²) < 4.78 is 5.26. The quantitative estimate of drug-likeness (QED) is 0.881. The van der Waals surface area contributed by atoms with Gasteiger partial charge in [0.1, 0.15) is 0 Å². The molecule has 88 valence electrons. The van der Waals surface area contributed by atoms with Gasteiger partial charge in [-0.05, 0) is 17.9 Å². The van der Waals surface area contributed by atoms with Gasteiger partial charge in [0.05, 0.1) is 5.92 Å². The SMILES string of the molecule is O=C1CCC(c2nc(-c3ccsc3)no2)CN1. The zero-order valence-corrected chi connectivity index (χ0v) is 9.87. The smallest absolute Gasteiger partial charge is 0.231 e. The molecule has 1 N–H and O–H groups in total. The van der Waals surface area contributed by atoms with Gasteiger partial charge in [-0.3, -0.25) is 4.79 Å². The van der Waals surface area contributed by atoms with Crippen LogP contribution in [0.2, 0.25) is 0 Å². The molecular formula is C11H11N3O2S. The summed E-state index contributed by atoms with van der Waals surface area (Å²) in [5.74, 6) is 1.48. The van der Waals surface area contributed by atoms with Crippen LogP contribution in [0.4, 0.5) is 0 Å². The predicted molar refractivity (Wildman–Crippen MR) is 62.6 cm³/mol. The van der Waals surface area contributed by atoms with E-state index in [9.17, 15) is 4.79 Å². The number of aromatic nitrogens is 2. The van der Waals surface area contributed by atoms with Crippen LogP contribution in [0.5, 0.6) is 0 Å². The van der Waals surface area contributed by atoms with Crippen molar-refractivity contribution in [2.45, 2.75) is 18.8 Å². The Morgan fingerprint density at radius 1 is 1.53 bits per heavy atom. The highest BCUT2D eigenvalue weighted by Gasteiger charge is 2.24. The van der Waals surface area contributed by atoms with Crippen LogP contribution in [-0.2, 0) is 4.79 Å². The average molecular weight is 249 g/mol. The second-order valence-corrected chi connectivity index (χ2v) is 4.79. The van der Waals surface area contributed by atoms with Crippen molar-refractivity contribution in [2.24, 2.45) is 0 Å². The van der Waals surface area contributed by atoms with Crippen molar-refractivity contribution < 1.29 is 9.32 Å². The number of thiophene rings is 1. The fourth-order valence-corrected chi connectivity index (χ4v) is 2.49. The highest BCUT2D eigenvalue weighted by atomic mass is 32.1. The first-order valence-corrected chi connectivity index (χ1v) is 6.40. The van der Waals surface area contributed by atoms with E-state index in [-0.39, 0.29) is 11.8 Å². The number of carbonyl (C=O) groups excluding carboxylic acids is 1. The molecule has 0 bridgehead atoms. The fraction of sp³-hybridized carbons (Fsp3) is 0.364. The normalized spacial score (nSPS) is 20.2. The Morgan fingerprint density at radius 3 is 3.18 bits per heavy atom. The number of piperidine rings is 1. The van der Waals surface area contributed by atoms with Crippen molar-refractivity contribution in [1.82, 2.24) is 15.5 Å². The van der Waals surface area contributed by atoms with Gasteiger partial charge in [-0.25, -0.2) is 0 Å². The molecule has 3 rings (SSSR count). The second-order valence-electron chi connectivity index (χ2n) is 4.01. The molecule has 1 fully saturated rings. The van der Waals surface area contributed by atoms with Crippen LogP contribution in [0.15, 0.2) is 21.3 Å². The Hall–Kier alpha value is -1.69. The van der Waals surface area contributed by atoms with Crippen LogP contribution in [-0.4, -0.2) is 22.6 Å². The Morgan fingerprint density at radius 2 is 2.47 bits per heavy atom. The lowest BCUT2D eigenvalue weighted by Gasteiger charge is -2.18.